The summed E-state index contributed by atoms with van der Waals surface area (Å²) in [6.45, 7) is 13.2. The Hall–Kier alpha value is -0.160. The third kappa shape index (κ3) is 4.42. The molecule has 2 aliphatic heterocycles. The van der Waals surface area contributed by atoms with Crippen LogP contribution < -0.4 is 5.32 Å². The van der Waals surface area contributed by atoms with Crippen LogP contribution in [0.15, 0.2) is 0 Å². The zero-order valence-electron chi connectivity index (χ0n) is 13.3. The van der Waals surface area contributed by atoms with E-state index in [0.717, 1.165) is 6.54 Å². The lowest BCUT2D eigenvalue weighted by atomic mass is 9.99. The second kappa shape index (κ2) is 6.53. The summed E-state index contributed by atoms with van der Waals surface area (Å²) in [7, 11) is 4.46. The second-order valence-electron chi connectivity index (χ2n) is 7.09. The maximum absolute atomic E-state index is 3.80. The first-order chi connectivity index (χ1) is 8.97. The van der Waals surface area contributed by atoms with Crippen molar-refractivity contribution in [3.8, 4) is 0 Å². The summed E-state index contributed by atoms with van der Waals surface area (Å²) in [5.41, 5.74) is 0.275. The third-order valence-corrected chi connectivity index (χ3v) is 4.81. The van der Waals surface area contributed by atoms with Crippen molar-refractivity contribution in [2.45, 2.75) is 38.3 Å². The zero-order valence-corrected chi connectivity index (χ0v) is 13.3. The van der Waals surface area contributed by atoms with Gasteiger partial charge in [0.05, 0.1) is 0 Å². The molecule has 0 saturated carbocycles. The van der Waals surface area contributed by atoms with Gasteiger partial charge < -0.3 is 15.1 Å². The second-order valence-corrected chi connectivity index (χ2v) is 7.09. The standard InChI is InChI=1S/C15H32N4/c1-15(2,19-10-8-17(3)9-11-19)13-16-14-6-5-7-18(4)12-14/h14,16H,5-13H2,1-4H3. The van der Waals surface area contributed by atoms with E-state index in [-0.39, 0.29) is 5.54 Å². The molecule has 0 aromatic carbocycles. The van der Waals surface area contributed by atoms with Gasteiger partial charge in [-0.05, 0) is 47.3 Å². The van der Waals surface area contributed by atoms with E-state index in [9.17, 15) is 0 Å². The largest absolute Gasteiger partial charge is 0.311 e. The van der Waals surface area contributed by atoms with Crippen LogP contribution in [0.25, 0.3) is 0 Å². The highest BCUT2D eigenvalue weighted by Gasteiger charge is 2.30. The van der Waals surface area contributed by atoms with E-state index in [2.05, 4.69) is 48.0 Å². The van der Waals surface area contributed by atoms with Crippen molar-refractivity contribution < 1.29 is 0 Å². The summed E-state index contributed by atoms with van der Waals surface area (Å²) in [4.78, 5) is 7.52. The minimum Gasteiger partial charge on any atom is -0.311 e. The molecule has 1 atom stereocenters. The van der Waals surface area contributed by atoms with Gasteiger partial charge in [0.25, 0.3) is 0 Å². The lowest BCUT2D eigenvalue weighted by molar-refractivity contribution is 0.0579. The van der Waals surface area contributed by atoms with Gasteiger partial charge in [0.2, 0.25) is 0 Å². The smallest absolute Gasteiger partial charge is 0.0278 e. The molecule has 0 bridgehead atoms. The van der Waals surface area contributed by atoms with Crippen molar-refractivity contribution in [1.29, 1.82) is 0 Å². The van der Waals surface area contributed by atoms with Gasteiger partial charge in [0, 0.05) is 50.8 Å². The Morgan fingerprint density at radius 1 is 1.00 bits per heavy atom. The molecule has 0 aliphatic carbocycles. The highest BCUT2D eigenvalue weighted by molar-refractivity contribution is 4.89. The first-order valence-corrected chi connectivity index (χ1v) is 7.83. The molecule has 2 fully saturated rings. The topological polar surface area (TPSA) is 21.8 Å². The fourth-order valence-electron chi connectivity index (χ4n) is 3.25. The Morgan fingerprint density at radius 2 is 1.68 bits per heavy atom. The SMILES string of the molecule is CN1CCN(C(C)(C)CNC2CCCN(C)C2)CC1. The number of hydrogen-bond donors (Lipinski definition) is 1. The number of piperazine rings is 1. The average Bonchev–Trinajstić information content (AvgIpc) is 2.37. The normalized spacial score (nSPS) is 28.7. The fraction of sp³-hybridized carbons (Fsp3) is 1.00. The lowest BCUT2D eigenvalue weighted by Gasteiger charge is -2.44. The molecule has 0 aromatic heterocycles. The van der Waals surface area contributed by atoms with E-state index < -0.39 is 0 Å². The Kier molecular flexibility index (Phi) is 5.23. The van der Waals surface area contributed by atoms with E-state index in [1.807, 2.05) is 0 Å². The highest BCUT2D eigenvalue weighted by atomic mass is 15.3. The number of rotatable bonds is 4. The van der Waals surface area contributed by atoms with E-state index >= 15 is 0 Å². The number of hydrogen-bond acceptors (Lipinski definition) is 4. The van der Waals surface area contributed by atoms with Gasteiger partial charge in [0.1, 0.15) is 0 Å². The molecule has 0 amide bonds. The van der Waals surface area contributed by atoms with E-state index in [0.29, 0.717) is 6.04 Å². The highest BCUT2D eigenvalue weighted by Crippen LogP contribution is 2.17. The van der Waals surface area contributed by atoms with E-state index in [1.54, 1.807) is 0 Å². The molecule has 4 nitrogen and oxygen atoms in total. The third-order valence-electron chi connectivity index (χ3n) is 4.81. The van der Waals surface area contributed by atoms with Crippen LogP contribution in [0.1, 0.15) is 26.7 Å². The van der Waals surface area contributed by atoms with E-state index in [1.165, 1.54) is 52.1 Å². The number of piperidine rings is 1. The van der Waals surface area contributed by atoms with Gasteiger partial charge in [-0.15, -0.1) is 0 Å². The molecule has 2 rings (SSSR count). The quantitative estimate of drug-likeness (QED) is 0.810. The summed E-state index contributed by atoms with van der Waals surface area (Å²) >= 11 is 0. The van der Waals surface area contributed by atoms with Crippen LogP contribution in [-0.2, 0) is 0 Å². The van der Waals surface area contributed by atoms with Gasteiger partial charge >= 0.3 is 0 Å². The monoisotopic (exact) mass is 268 g/mol. The van der Waals surface area contributed by atoms with Gasteiger partial charge in [0.15, 0.2) is 0 Å². The molecular weight excluding hydrogens is 236 g/mol. The molecule has 2 heterocycles. The molecule has 0 aromatic rings. The summed E-state index contributed by atoms with van der Waals surface area (Å²) in [5, 5.41) is 3.80. The molecule has 1 unspecified atom stereocenters. The van der Waals surface area contributed by atoms with Crippen molar-refractivity contribution in [3.63, 3.8) is 0 Å². The van der Waals surface area contributed by atoms with Crippen LogP contribution in [0.2, 0.25) is 0 Å². The minimum absolute atomic E-state index is 0.275. The van der Waals surface area contributed by atoms with Crippen LogP contribution in [0.4, 0.5) is 0 Å². The molecule has 4 heteroatoms. The van der Waals surface area contributed by atoms with Crippen molar-refractivity contribution in [2.75, 3.05) is 59.9 Å². The number of likely N-dealkylation sites (tertiary alicyclic amines) is 1. The predicted molar refractivity (Wildman–Crippen MR) is 81.7 cm³/mol. The van der Waals surface area contributed by atoms with Crippen molar-refractivity contribution in [2.24, 2.45) is 0 Å². The molecule has 0 radical (unpaired) electrons. The maximum Gasteiger partial charge on any atom is 0.0278 e. The molecular formula is C15H32N4. The maximum atomic E-state index is 3.80. The van der Waals surface area contributed by atoms with Gasteiger partial charge in [-0.1, -0.05) is 0 Å². The first kappa shape index (κ1) is 15.2. The lowest BCUT2D eigenvalue weighted by Crippen LogP contribution is -2.59. The van der Waals surface area contributed by atoms with Gasteiger partial charge in [-0.3, -0.25) is 4.90 Å². The van der Waals surface area contributed by atoms with Gasteiger partial charge in [-0.25, -0.2) is 0 Å². The van der Waals surface area contributed by atoms with Crippen molar-refractivity contribution >= 4 is 0 Å². The minimum atomic E-state index is 0.275. The molecule has 19 heavy (non-hydrogen) atoms. The van der Waals surface area contributed by atoms with Gasteiger partial charge in [-0.2, -0.15) is 0 Å². The van der Waals surface area contributed by atoms with Crippen LogP contribution in [0.5, 0.6) is 0 Å². The zero-order chi connectivity index (χ0) is 13.9. The van der Waals surface area contributed by atoms with E-state index in [4.69, 9.17) is 0 Å². The molecule has 112 valence electrons. The summed E-state index contributed by atoms with van der Waals surface area (Å²) in [5.74, 6) is 0. The fourth-order valence-corrected chi connectivity index (χ4v) is 3.25. The number of likely N-dealkylation sites (N-methyl/N-ethyl adjacent to an activating group) is 2. The Labute approximate surface area is 119 Å². The van der Waals surface area contributed by atoms with Crippen LogP contribution in [0, 0.1) is 0 Å². The first-order valence-electron chi connectivity index (χ1n) is 7.83. The number of nitrogens with zero attached hydrogens (tertiary/aromatic N) is 3. The predicted octanol–water partition coefficient (Wildman–Crippen LogP) is 0.696. The molecule has 0 spiro atoms. The molecule has 2 aliphatic rings. The summed E-state index contributed by atoms with van der Waals surface area (Å²) < 4.78 is 0. The summed E-state index contributed by atoms with van der Waals surface area (Å²) in [6.07, 6.45) is 2.67. The average molecular weight is 268 g/mol. The van der Waals surface area contributed by atoms with Crippen LogP contribution >= 0.6 is 0 Å². The Bertz CT molecular complexity index is 271. The van der Waals surface area contributed by atoms with Crippen LogP contribution in [-0.4, -0.2) is 86.2 Å². The molecule has 2 saturated heterocycles. The van der Waals surface area contributed by atoms with Crippen molar-refractivity contribution in [1.82, 2.24) is 20.0 Å². The Morgan fingerprint density at radius 3 is 2.32 bits per heavy atom. The van der Waals surface area contributed by atoms with Crippen molar-refractivity contribution in [3.05, 3.63) is 0 Å². The Balaban J connectivity index is 1.76. The molecule has 1 N–H and O–H groups in total. The van der Waals surface area contributed by atoms with Crippen LogP contribution in [0.3, 0.4) is 0 Å². The summed E-state index contributed by atoms with van der Waals surface area (Å²) in [6, 6.07) is 0.686. The number of nitrogens with one attached hydrogen (secondary N) is 1.